The molecule has 0 aromatic heterocycles. The van der Waals surface area contributed by atoms with Crippen molar-refractivity contribution in [1.82, 2.24) is 0 Å². The van der Waals surface area contributed by atoms with E-state index in [-0.39, 0.29) is 0 Å². The lowest BCUT2D eigenvalue weighted by atomic mass is 10.4. The Bertz CT molecular complexity index is 160. The average molecular weight is 109 g/mol. The quantitative estimate of drug-likeness (QED) is 0.327. The Morgan fingerprint density at radius 3 is 3.00 bits per heavy atom. The molecule has 3 heteroatoms. The molecule has 0 aliphatic carbocycles. The van der Waals surface area contributed by atoms with E-state index in [0.29, 0.717) is 5.57 Å². The number of thiocarbonyl (C=S) groups is 1. The van der Waals surface area contributed by atoms with Crippen LogP contribution in [0.4, 0.5) is 0 Å². The van der Waals surface area contributed by atoms with E-state index in [9.17, 15) is 0 Å². The van der Waals surface area contributed by atoms with Crippen LogP contribution in [-0.2, 0) is 0 Å². The van der Waals surface area contributed by atoms with Gasteiger partial charge < -0.3 is 0 Å². The molecule has 34 valence electrons. The van der Waals surface area contributed by atoms with Gasteiger partial charge in [-0.25, -0.2) is 15.2 Å². The van der Waals surface area contributed by atoms with Crippen molar-refractivity contribution < 1.29 is 0 Å². The fourth-order valence-corrected chi connectivity index (χ4v) is 0.346. The highest BCUT2D eigenvalue weighted by Crippen LogP contribution is 1.87. The van der Waals surface area contributed by atoms with Crippen LogP contribution in [0.2, 0.25) is 0 Å². The molecule has 2 nitrogen and oxygen atoms in total. The lowest BCUT2D eigenvalue weighted by Gasteiger charge is -1.79. The molecule has 0 amide bonds. The summed E-state index contributed by atoms with van der Waals surface area (Å²) in [6.07, 6.45) is 4.02. The SMILES string of the molecule is S=C=C1[C-]=NN=C1. The maximum Gasteiger partial charge on any atom is -0.0382 e. The van der Waals surface area contributed by atoms with Gasteiger partial charge in [0.05, 0.1) is 0 Å². The minimum Gasteiger partial charge on any atom is -0.241 e. The molecule has 1 heterocycles. The van der Waals surface area contributed by atoms with E-state index < -0.39 is 0 Å². The summed E-state index contributed by atoms with van der Waals surface area (Å²) in [4.78, 5) is 0. The van der Waals surface area contributed by atoms with Gasteiger partial charge in [-0.15, -0.1) is 17.8 Å². The largest absolute Gasteiger partial charge is 0.241 e. The van der Waals surface area contributed by atoms with Crippen molar-refractivity contribution in [2.45, 2.75) is 0 Å². The zero-order valence-corrected chi connectivity index (χ0v) is 4.20. The minimum atomic E-state index is 0.648. The summed E-state index contributed by atoms with van der Waals surface area (Å²) in [7, 11) is 0. The highest BCUT2D eigenvalue weighted by Gasteiger charge is 1.75. The van der Waals surface area contributed by atoms with Crippen LogP contribution < -0.4 is 0 Å². The molecule has 0 aromatic carbocycles. The number of nitrogens with zero attached hydrogens (tertiary/aromatic N) is 2. The van der Waals surface area contributed by atoms with Gasteiger partial charge in [0.1, 0.15) is 0 Å². The highest BCUT2D eigenvalue weighted by atomic mass is 32.1. The van der Waals surface area contributed by atoms with E-state index in [1.165, 1.54) is 6.21 Å². The summed E-state index contributed by atoms with van der Waals surface area (Å²) >= 11 is 4.41. The Balaban J connectivity index is 3.00. The van der Waals surface area contributed by atoms with Crippen LogP contribution in [0, 0.1) is 0 Å². The number of hydrogen-bond acceptors (Lipinski definition) is 3. The van der Waals surface area contributed by atoms with E-state index in [1.54, 1.807) is 0 Å². The zero-order chi connectivity index (χ0) is 5.11. The van der Waals surface area contributed by atoms with Crippen molar-refractivity contribution >= 4 is 29.7 Å². The minimum absolute atomic E-state index is 0.648. The van der Waals surface area contributed by atoms with Crippen molar-refractivity contribution in [3.8, 4) is 0 Å². The van der Waals surface area contributed by atoms with Gasteiger partial charge in [-0.2, -0.15) is 0 Å². The molecular formula is C4HN2S-. The van der Waals surface area contributed by atoms with Crippen LogP contribution >= 0.6 is 12.2 Å². The third-order valence-corrected chi connectivity index (χ3v) is 0.745. The molecule has 0 bridgehead atoms. The first-order chi connectivity index (χ1) is 3.43. The second-order valence-electron chi connectivity index (χ2n) is 0.972. The summed E-state index contributed by atoms with van der Waals surface area (Å²) in [5.74, 6) is 0. The van der Waals surface area contributed by atoms with Crippen molar-refractivity contribution in [2.24, 2.45) is 10.2 Å². The monoisotopic (exact) mass is 109 g/mol. The van der Waals surface area contributed by atoms with Crippen LogP contribution in [0.15, 0.2) is 15.8 Å². The van der Waals surface area contributed by atoms with Crippen molar-refractivity contribution in [1.29, 1.82) is 0 Å². The molecule has 0 unspecified atom stereocenters. The van der Waals surface area contributed by atoms with Gasteiger partial charge in [0.15, 0.2) is 0 Å². The molecule has 0 saturated carbocycles. The molecule has 1 aliphatic heterocycles. The van der Waals surface area contributed by atoms with Gasteiger partial charge in [-0.05, 0) is 12.4 Å². The second-order valence-corrected chi connectivity index (χ2v) is 1.18. The number of rotatable bonds is 0. The lowest BCUT2D eigenvalue weighted by Crippen LogP contribution is -1.76. The van der Waals surface area contributed by atoms with Gasteiger partial charge in [0.25, 0.3) is 0 Å². The van der Waals surface area contributed by atoms with E-state index in [2.05, 4.69) is 33.7 Å². The Morgan fingerprint density at radius 1 is 1.86 bits per heavy atom. The Hall–Kier alpha value is -0.790. The normalized spacial score (nSPS) is 15.1. The van der Waals surface area contributed by atoms with E-state index in [4.69, 9.17) is 0 Å². The van der Waals surface area contributed by atoms with E-state index >= 15 is 0 Å². The zero-order valence-electron chi connectivity index (χ0n) is 3.38. The van der Waals surface area contributed by atoms with Gasteiger partial charge >= 0.3 is 0 Å². The summed E-state index contributed by atoms with van der Waals surface area (Å²) < 4.78 is 0. The third kappa shape index (κ3) is 0.796. The number of allylic oxidation sites excluding steroid dienone is 1. The Kier molecular flexibility index (Phi) is 1.11. The van der Waals surface area contributed by atoms with Crippen LogP contribution in [-0.4, -0.2) is 17.5 Å². The standard InChI is InChI=1S/C4HN2S/c7-3-4-1-5-6-2-4/h1H/q-1. The van der Waals surface area contributed by atoms with Crippen molar-refractivity contribution in [3.05, 3.63) is 5.57 Å². The highest BCUT2D eigenvalue weighted by molar-refractivity contribution is 7.78. The molecule has 0 fully saturated rings. The molecule has 0 spiro atoms. The molecule has 0 aromatic rings. The number of hydrogen-bond donors (Lipinski definition) is 0. The second kappa shape index (κ2) is 1.78. The predicted molar refractivity (Wildman–Crippen MR) is 32.0 cm³/mol. The third-order valence-electron chi connectivity index (χ3n) is 0.525. The maximum atomic E-state index is 4.41. The van der Waals surface area contributed by atoms with Gasteiger partial charge in [-0.1, -0.05) is 0 Å². The Morgan fingerprint density at radius 2 is 2.71 bits per heavy atom. The predicted octanol–water partition coefficient (Wildman–Crippen LogP) is 0.459. The fraction of sp³-hybridized carbons (Fsp3) is 0. The molecule has 7 heavy (non-hydrogen) atoms. The first-order valence-corrected chi connectivity index (χ1v) is 2.08. The summed E-state index contributed by atoms with van der Waals surface area (Å²) in [5, 5.41) is 9.26. The van der Waals surface area contributed by atoms with Crippen LogP contribution in [0.5, 0.6) is 0 Å². The molecule has 1 aliphatic rings. The first-order valence-electron chi connectivity index (χ1n) is 1.67. The average Bonchev–Trinajstić information content (AvgIpc) is 2.14. The van der Waals surface area contributed by atoms with Gasteiger partial charge in [0.2, 0.25) is 0 Å². The molecule has 0 radical (unpaired) electrons. The van der Waals surface area contributed by atoms with Crippen LogP contribution in [0.1, 0.15) is 0 Å². The molecule has 1 rings (SSSR count). The molecule has 0 atom stereocenters. The lowest BCUT2D eigenvalue weighted by molar-refractivity contribution is 1.29. The van der Waals surface area contributed by atoms with E-state index in [1.807, 2.05) is 0 Å². The van der Waals surface area contributed by atoms with Gasteiger partial charge in [-0.3, -0.25) is 0 Å². The summed E-state index contributed by atoms with van der Waals surface area (Å²) in [6.45, 7) is 0. The molecule has 0 saturated heterocycles. The maximum absolute atomic E-state index is 4.41. The summed E-state index contributed by atoms with van der Waals surface area (Å²) in [6, 6.07) is 0. The van der Waals surface area contributed by atoms with Crippen molar-refractivity contribution in [2.75, 3.05) is 0 Å². The summed E-state index contributed by atoms with van der Waals surface area (Å²) in [5.41, 5.74) is 0.648. The van der Waals surface area contributed by atoms with Crippen LogP contribution in [0.3, 0.4) is 0 Å². The fourth-order valence-electron chi connectivity index (χ4n) is 0.247. The topological polar surface area (TPSA) is 24.7 Å². The first kappa shape index (κ1) is 4.37. The molecular weight excluding hydrogens is 108 g/mol. The smallest absolute Gasteiger partial charge is 0.0382 e. The Labute approximate surface area is 46.3 Å². The van der Waals surface area contributed by atoms with Crippen LogP contribution in [0.25, 0.3) is 0 Å². The van der Waals surface area contributed by atoms with Crippen molar-refractivity contribution in [3.63, 3.8) is 0 Å². The molecule has 0 N–H and O–H groups in total. The van der Waals surface area contributed by atoms with E-state index in [0.717, 1.165) is 0 Å². The van der Waals surface area contributed by atoms with Gasteiger partial charge in [0, 0.05) is 0 Å².